The maximum absolute atomic E-state index is 12.7. The van der Waals surface area contributed by atoms with Crippen molar-refractivity contribution in [1.29, 1.82) is 0 Å². The summed E-state index contributed by atoms with van der Waals surface area (Å²) < 4.78 is 26.8. The molecule has 1 atom stereocenters. The molecule has 1 aliphatic rings. The zero-order chi connectivity index (χ0) is 15.2. The number of hydrogen-bond donors (Lipinski definition) is 1. The third-order valence-electron chi connectivity index (χ3n) is 3.66. The van der Waals surface area contributed by atoms with Gasteiger partial charge in [-0.25, -0.2) is 13.2 Å². The van der Waals surface area contributed by atoms with Gasteiger partial charge in [0.25, 0.3) is 0 Å². The van der Waals surface area contributed by atoms with Gasteiger partial charge in [0.15, 0.2) is 0 Å². The molecule has 1 unspecified atom stereocenters. The van der Waals surface area contributed by atoms with E-state index < -0.39 is 16.0 Å². The van der Waals surface area contributed by atoms with Crippen LogP contribution in [0.3, 0.4) is 0 Å². The van der Waals surface area contributed by atoms with Crippen molar-refractivity contribution in [3.63, 3.8) is 0 Å². The summed E-state index contributed by atoms with van der Waals surface area (Å²) >= 11 is 0.923. The van der Waals surface area contributed by atoms with Crippen LogP contribution in [0, 0.1) is 0 Å². The van der Waals surface area contributed by atoms with Crippen molar-refractivity contribution in [3.05, 3.63) is 51.7 Å². The summed E-state index contributed by atoms with van der Waals surface area (Å²) in [5, 5.41) is 10.3. The summed E-state index contributed by atoms with van der Waals surface area (Å²) in [6.07, 6.45) is 0. The van der Waals surface area contributed by atoms with Gasteiger partial charge in [-0.2, -0.15) is 4.31 Å². The van der Waals surface area contributed by atoms with Crippen LogP contribution in [-0.4, -0.2) is 23.8 Å². The van der Waals surface area contributed by atoms with E-state index in [1.165, 1.54) is 15.8 Å². The van der Waals surface area contributed by atoms with Gasteiger partial charge in [-0.15, -0.1) is 11.3 Å². The van der Waals surface area contributed by atoms with Gasteiger partial charge in [-0.1, -0.05) is 24.3 Å². The molecule has 1 aliphatic heterocycles. The Morgan fingerprint density at radius 1 is 1.38 bits per heavy atom. The highest BCUT2D eigenvalue weighted by molar-refractivity contribution is 7.89. The number of carbonyl (C=O) groups is 1. The third-order valence-corrected chi connectivity index (χ3v) is 6.62. The number of fused-ring (bicyclic) bond motifs is 1. The maximum Gasteiger partial charge on any atom is 0.345 e. The first kappa shape index (κ1) is 14.2. The minimum atomic E-state index is -3.69. The molecule has 1 aromatic carbocycles. The second-order valence-corrected chi connectivity index (χ2v) is 7.68. The standard InChI is InChI=1S/C14H13NO4S2/c1-9-12-5-3-2-4-10(12)7-15(9)21(18,19)11-6-13(14(16)17)20-8-11/h2-6,8-9H,7H2,1H3,(H,16,17). The van der Waals surface area contributed by atoms with Crippen molar-refractivity contribution in [3.8, 4) is 0 Å². The van der Waals surface area contributed by atoms with Gasteiger partial charge < -0.3 is 5.11 Å². The van der Waals surface area contributed by atoms with Crippen LogP contribution in [0.5, 0.6) is 0 Å². The molecule has 1 aromatic heterocycles. The molecule has 110 valence electrons. The zero-order valence-corrected chi connectivity index (χ0v) is 12.8. The molecule has 0 saturated heterocycles. The Morgan fingerprint density at radius 3 is 2.71 bits per heavy atom. The van der Waals surface area contributed by atoms with E-state index in [4.69, 9.17) is 5.11 Å². The van der Waals surface area contributed by atoms with Crippen LogP contribution in [0.2, 0.25) is 0 Å². The molecule has 0 amide bonds. The number of aromatic carboxylic acids is 1. The molecular weight excluding hydrogens is 310 g/mol. The molecule has 0 fully saturated rings. The number of sulfonamides is 1. The summed E-state index contributed by atoms with van der Waals surface area (Å²) in [5.74, 6) is -1.11. The molecule has 0 radical (unpaired) electrons. The first-order valence-electron chi connectivity index (χ1n) is 6.32. The zero-order valence-electron chi connectivity index (χ0n) is 11.2. The number of nitrogens with zero attached hydrogens (tertiary/aromatic N) is 1. The summed E-state index contributed by atoms with van der Waals surface area (Å²) in [7, 11) is -3.69. The fourth-order valence-corrected chi connectivity index (χ4v) is 5.23. The third kappa shape index (κ3) is 2.27. The average molecular weight is 323 g/mol. The summed E-state index contributed by atoms with van der Waals surface area (Å²) in [5.41, 5.74) is 1.98. The van der Waals surface area contributed by atoms with Crippen LogP contribution >= 0.6 is 11.3 Å². The summed E-state index contributed by atoms with van der Waals surface area (Å²) in [4.78, 5) is 11.0. The molecular formula is C14H13NO4S2. The highest BCUT2D eigenvalue weighted by Crippen LogP contribution is 2.38. The molecule has 0 bridgehead atoms. The average Bonchev–Trinajstić information content (AvgIpc) is 3.05. The number of carboxylic acid groups (broad SMARTS) is 1. The number of carboxylic acids is 1. The Bertz CT molecular complexity index is 810. The fourth-order valence-electron chi connectivity index (χ4n) is 2.54. The Kier molecular flexibility index (Phi) is 3.35. The maximum atomic E-state index is 12.7. The lowest BCUT2D eigenvalue weighted by Crippen LogP contribution is -2.28. The minimum Gasteiger partial charge on any atom is -0.477 e. The van der Waals surface area contributed by atoms with E-state index in [9.17, 15) is 13.2 Å². The predicted octanol–water partition coefficient (Wildman–Crippen LogP) is 2.71. The van der Waals surface area contributed by atoms with Crippen molar-refractivity contribution in [1.82, 2.24) is 4.31 Å². The van der Waals surface area contributed by atoms with Gasteiger partial charge in [0.1, 0.15) is 4.88 Å². The number of benzene rings is 1. The predicted molar refractivity (Wildman–Crippen MR) is 78.9 cm³/mol. The normalized spacial score (nSPS) is 18.6. The van der Waals surface area contributed by atoms with E-state index >= 15 is 0 Å². The monoisotopic (exact) mass is 323 g/mol. The molecule has 0 saturated carbocycles. The van der Waals surface area contributed by atoms with Crippen LogP contribution in [-0.2, 0) is 16.6 Å². The number of hydrogen-bond acceptors (Lipinski definition) is 4. The molecule has 1 N–H and O–H groups in total. The lowest BCUT2D eigenvalue weighted by atomic mass is 10.1. The van der Waals surface area contributed by atoms with Crippen LogP contribution in [0.25, 0.3) is 0 Å². The van der Waals surface area contributed by atoms with Crippen molar-refractivity contribution in [2.75, 3.05) is 0 Å². The second kappa shape index (κ2) is 4.94. The van der Waals surface area contributed by atoms with Gasteiger partial charge in [-0.3, -0.25) is 0 Å². The summed E-state index contributed by atoms with van der Waals surface area (Å²) in [6, 6.07) is 8.58. The van der Waals surface area contributed by atoms with E-state index in [0.29, 0.717) is 6.54 Å². The molecule has 3 rings (SSSR count). The topological polar surface area (TPSA) is 74.7 Å². The Labute approximate surface area is 126 Å². The van der Waals surface area contributed by atoms with E-state index in [-0.39, 0.29) is 15.8 Å². The highest BCUT2D eigenvalue weighted by atomic mass is 32.2. The minimum absolute atomic E-state index is 0.0259. The Balaban J connectivity index is 1.98. The lowest BCUT2D eigenvalue weighted by molar-refractivity contribution is 0.0702. The smallest absolute Gasteiger partial charge is 0.345 e. The van der Waals surface area contributed by atoms with Crippen molar-refractivity contribution < 1.29 is 18.3 Å². The fraction of sp³-hybridized carbons (Fsp3) is 0.214. The first-order valence-corrected chi connectivity index (χ1v) is 8.64. The Hall–Kier alpha value is -1.70. The molecule has 5 nitrogen and oxygen atoms in total. The van der Waals surface area contributed by atoms with Gasteiger partial charge >= 0.3 is 5.97 Å². The Morgan fingerprint density at radius 2 is 2.10 bits per heavy atom. The molecule has 21 heavy (non-hydrogen) atoms. The van der Waals surface area contributed by atoms with Crippen LogP contribution < -0.4 is 0 Å². The first-order chi connectivity index (χ1) is 9.91. The van der Waals surface area contributed by atoms with Gasteiger partial charge in [0.05, 0.1) is 4.90 Å². The molecule has 2 heterocycles. The number of thiophene rings is 1. The van der Waals surface area contributed by atoms with Gasteiger partial charge in [-0.05, 0) is 24.1 Å². The van der Waals surface area contributed by atoms with Crippen LogP contribution in [0.1, 0.15) is 33.8 Å². The quantitative estimate of drug-likeness (QED) is 0.942. The summed E-state index contributed by atoms with van der Waals surface area (Å²) in [6.45, 7) is 2.16. The number of rotatable bonds is 3. The molecule has 0 aliphatic carbocycles. The van der Waals surface area contributed by atoms with Crippen LogP contribution in [0.15, 0.2) is 40.6 Å². The van der Waals surface area contributed by atoms with E-state index in [1.807, 2.05) is 31.2 Å². The van der Waals surface area contributed by atoms with Crippen molar-refractivity contribution >= 4 is 27.3 Å². The largest absolute Gasteiger partial charge is 0.477 e. The molecule has 7 heteroatoms. The highest BCUT2D eigenvalue weighted by Gasteiger charge is 2.36. The van der Waals surface area contributed by atoms with Crippen molar-refractivity contribution in [2.24, 2.45) is 0 Å². The van der Waals surface area contributed by atoms with Gasteiger partial charge in [0, 0.05) is 18.0 Å². The van der Waals surface area contributed by atoms with E-state index in [2.05, 4.69) is 0 Å². The van der Waals surface area contributed by atoms with Crippen LogP contribution in [0.4, 0.5) is 0 Å². The molecule has 0 spiro atoms. The van der Waals surface area contributed by atoms with E-state index in [1.54, 1.807) is 0 Å². The lowest BCUT2D eigenvalue weighted by Gasteiger charge is -2.20. The molecule has 2 aromatic rings. The SMILES string of the molecule is CC1c2ccccc2CN1S(=O)(=O)c1csc(C(=O)O)c1. The second-order valence-electron chi connectivity index (χ2n) is 4.88. The van der Waals surface area contributed by atoms with Gasteiger partial charge in [0.2, 0.25) is 10.0 Å². The van der Waals surface area contributed by atoms with E-state index in [0.717, 1.165) is 22.5 Å². The van der Waals surface area contributed by atoms with Crippen molar-refractivity contribution in [2.45, 2.75) is 24.4 Å².